The summed E-state index contributed by atoms with van der Waals surface area (Å²) in [6.45, 7) is 4.00. The molecule has 0 atom stereocenters. The predicted molar refractivity (Wildman–Crippen MR) is 73.3 cm³/mol. The molecule has 3 aromatic heterocycles. The Labute approximate surface area is 107 Å². The highest BCUT2D eigenvalue weighted by molar-refractivity contribution is 7.78. The molecule has 0 radical (unpaired) electrons. The molecule has 0 fully saturated rings. The van der Waals surface area contributed by atoms with E-state index in [0.717, 1.165) is 16.5 Å². The van der Waals surface area contributed by atoms with Crippen molar-refractivity contribution in [1.82, 2.24) is 0 Å². The van der Waals surface area contributed by atoms with Crippen LogP contribution >= 0.6 is 7.92 Å². The Balaban J connectivity index is 0.000000574. The average molecular weight is 262 g/mol. The summed E-state index contributed by atoms with van der Waals surface area (Å²) in [4.78, 5) is 0. The standard InChI is InChI=1S/C12H9O3P.C2H6/c1-4-10(13-7-1)16(11-5-2-8-14-11)12-6-3-9-15-12;1-2/h1-9H;1-2H3. The van der Waals surface area contributed by atoms with E-state index in [9.17, 15) is 0 Å². The van der Waals surface area contributed by atoms with Crippen molar-refractivity contribution in [2.75, 3.05) is 0 Å². The lowest BCUT2D eigenvalue weighted by molar-refractivity contribution is 0.584. The molecule has 0 aliphatic carbocycles. The quantitative estimate of drug-likeness (QED) is 0.680. The van der Waals surface area contributed by atoms with Crippen LogP contribution in [0, 0.1) is 0 Å². The summed E-state index contributed by atoms with van der Waals surface area (Å²) in [5.41, 5.74) is 2.62. The molecule has 3 rings (SSSR count). The van der Waals surface area contributed by atoms with Gasteiger partial charge < -0.3 is 13.3 Å². The zero-order valence-electron chi connectivity index (χ0n) is 10.4. The van der Waals surface area contributed by atoms with Gasteiger partial charge in [-0.05, 0) is 36.4 Å². The lowest BCUT2D eigenvalue weighted by Crippen LogP contribution is -2.17. The summed E-state index contributed by atoms with van der Waals surface area (Å²) in [5.74, 6) is 0. The molecule has 0 aromatic carbocycles. The third-order valence-electron chi connectivity index (χ3n) is 2.18. The first-order valence-corrected chi connectivity index (χ1v) is 7.20. The van der Waals surface area contributed by atoms with Crippen LogP contribution in [0.25, 0.3) is 0 Å². The van der Waals surface area contributed by atoms with Gasteiger partial charge in [-0.15, -0.1) is 0 Å². The van der Waals surface area contributed by atoms with Gasteiger partial charge in [0, 0.05) is 0 Å². The molecule has 0 aliphatic rings. The summed E-state index contributed by atoms with van der Waals surface area (Å²) in [7, 11) is -0.835. The van der Waals surface area contributed by atoms with Crippen molar-refractivity contribution in [3.05, 3.63) is 55.2 Å². The van der Waals surface area contributed by atoms with Crippen LogP contribution < -0.4 is 16.5 Å². The van der Waals surface area contributed by atoms with Gasteiger partial charge in [0.15, 0.2) is 0 Å². The molecular formula is C14H15O3P. The van der Waals surface area contributed by atoms with Crippen LogP contribution in [-0.2, 0) is 0 Å². The maximum Gasteiger partial charge on any atom is 0.140 e. The highest BCUT2D eigenvalue weighted by atomic mass is 31.1. The van der Waals surface area contributed by atoms with Crippen LogP contribution in [-0.4, -0.2) is 0 Å². The Bertz CT molecular complexity index is 442. The zero-order chi connectivity index (χ0) is 12.8. The fourth-order valence-electron chi connectivity index (χ4n) is 1.52. The molecule has 3 aromatic rings. The van der Waals surface area contributed by atoms with Crippen LogP contribution in [0.5, 0.6) is 0 Å². The van der Waals surface area contributed by atoms with Crippen LogP contribution in [0.2, 0.25) is 0 Å². The number of hydrogen-bond donors (Lipinski definition) is 0. The molecule has 94 valence electrons. The molecule has 0 spiro atoms. The maximum atomic E-state index is 5.45. The van der Waals surface area contributed by atoms with Gasteiger partial charge in [-0.1, -0.05) is 13.8 Å². The Morgan fingerprint density at radius 3 is 1.22 bits per heavy atom. The molecule has 3 nitrogen and oxygen atoms in total. The SMILES string of the molecule is CC.c1coc(P(c2ccco2)c2ccco2)c1. The Morgan fingerprint density at radius 1 is 0.667 bits per heavy atom. The Morgan fingerprint density at radius 2 is 1.00 bits per heavy atom. The summed E-state index contributed by atoms with van der Waals surface area (Å²) in [6, 6.07) is 11.4. The van der Waals surface area contributed by atoms with Gasteiger partial charge in [0.2, 0.25) is 0 Å². The normalized spacial score (nSPS) is 10.2. The van der Waals surface area contributed by atoms with E-state index in [1.54, 1.807) is 18.8 Å². The second-order valence-corrected chi connectivity index (χ2v) is 5.18. The van der Waals surface area contributed by atoms with Crippen LogP contribution in [0.15, 0.2) is 68.4 Å². The lowest BCUT2D eigenvalue weighted by atomic mass is 10.7. The molecule has 0 saturated heterocycles. The van der Waals surface area contributed by atoms with E-state index < -0.39 is 7.92 Å². The molecule has 0 aliphatic heterocycles. The molecule has 4 heteroatoms. The van der Waals surface area contributed by atoms with E-state index in [0.29, 0.717) is 0 Å². The Kier molecular flexibility index (Phi) is 4.43. The van der Waals surface area contributed by atoms with Crippen LogP contribution in [0.3, 0.4) is 0 Å². The van der Waals surface area contributed by atoms with Gasteiger partial charge in [0.25, 0.3) is 0 Å². The fourth-order valence-corrected chi connectivity index (χ4v) is 3.37. The monoisotopic (exact) mass is 262 g/mol. The van der Waals surface area contributed by atoms with E-state index in [2.05, 4.69) is 0 Å². The summed E-state index contributed by atoms with van der Waals surface area (Å²) < 4.78 is 16.4. The largest absolute Gasteiger partial charge is 0.464 e. The van der Waals surface area contributed by atoms with Gasteiger partial charge in [-0.25, -0.2) is 0 Å². The van der Waals surface area contributed by atoms with Gasteiger partial charge >= 0.3 is 0 Å². The topological polar surface area (TPSA) is 39.4 Å². The molecular weight excluding hydrogens is 247 g/mol. The van der Waals surface area contributed by atoms with E-state index in [1.165, 1.54) is 0 Å². The third kappa shape index (κ3) is 2.57. The molecule has 0 N–H and O–H groups in total. The maximum absolute atomic E-state index is 5.45. The summed E-state index contributed by atoms with van der Waals surface area (Å²) in [6.07, 6.45) is 4.99. The fraction of sp³-hybridized carbons (Fsp3) is 0.143. The first-order valence-electron chi connectivity index (χ1n) is 5.86. The minimum absolute atomic E-state index is 0.835. The van der Waals surface area contributed by atoms with Crippen LogP contribution in [0.4, 0.5) is 0 Å². The van der Waals surface area contributed by atoms with Gasteiger partial charge in [-0.3, -0.25) is 0 Å². The smallest absolute Gasteiger partial charge is 0.140 e. The molecule has 0 amide bonds. The number of hydrogen-bond acceptors (Lipinski definition) is 3. The van der Waals surface area contributed by atoms with Gasteiger partial charge in [0.1, 0.15) is 24.4 Å². The van der Waals surface area contributed by atoms with E-state index in [-0.39, 0.29) is 0 Å². The second-order valence-electron chi connectivity index (χ2n) is 3.19. The molecule has 3 heterocycles. The van der Waals surface area contributed by atoms with Gasteiger partial charge in [-0.2, -0.15) is 0 Å². The van der Waals surface area contributed by atoms with Gasteiger partial charge in [0.05, 0.1) is 18.8 Å². The van der Waals surface area contributed by atoms with Crippen molar-refractivity contribution in [2.24, 2.45) is 0 Å². The second kappa shape index (κ2) is 6.27. The summed E-state index contributed by atoms with van der Waals surface area (Å²) in [5, 5.41) is 0. The van der Waals surface area contributed by atoms with Crippen molar-refractivity contribution < 1.29 is 13.3 Å². The first-order chi connectivity index (χ1) is 8.95. The minimum atomic E-state index is -0.835. The van der Waals surface area contributed by atoms with Crippen molar-refractivity contribution in [3.8, 4) is 0 Å². The number of furan rings is 3. The van der Waals surface area contributed by atoms with E-state index in [1.807, 2.05) is 50.2 Å². The van der Waals surface area contributed by atoms with Crippen molar-refractivity contribution in [1.29, 1.82) is 0 Å². The molecule has 0 unspecified atom stereocenters. The summed E-state index contributed by atoms with van der Waals surface area (Å²) >= 11 is 0. The predicted octanol–water partition coefficient (Wildman–Crippen LogP) is 3.25. The first kappa shape index (κ1) is 12.7. The molecule has 0 saturated carbocycles. The van der Waals surface area contributed by atoms with Crippen molar-refractivity contribution >= 4 is 24.4 Å². The number of rotatable bonds is 3. The molecule has 18 heavy (non-hydrogen) atoms. The van der Waals surface area contributed by atoms with E-state index >= 15 is 0 Å². The minimum Gasteiger partial charge on any atom is -0.464 e. The van der Waals surface area contributed by atoms with Crippen molar-refractivity contribution in [3.63, 3.8) is 0 Å². The highest BCUT2D eigenvalue weighted by Crippen LogP contribution is 2.32. The molecule has 0 bridgehead atoms. The van der Waals surface area contributed by atoms with Crippen LogP contribution in [0.1, 0.15) is 13.8 Å². The highest BCUT2D eigenvalue weighted by Gasteiger charge is 2.24. The van der Waals surface area contributed by atoms with E-state index in [4.69, 9.17) is 13.3 Å². The third-order valence-corrected chi connectivity index (χ3v) is 4.27. The lowest BCUT2D eigenvalue weighted by Gasteiger charge is -2.08. The van der Waals surface area contributed by atoms with Crippen molar-refractivity contribution in [2.45, 2.75) is 13.8 Å². The average Bonchev–Trinajstić information content (AvgIpc) is 3.17. The Hall–Kier alpha value is -1.73. The zero-order valence-corrected chi connectivity index (χ0v) is 11.3.